The van der Waals surface area contributed by atoms with Crippen LogP contribution in [0.5, 0.6) is 0 Å². The smallest absolute Gasteiger partial charge is 0.319 e. The van der Waals surface area contributed by atoms with Crippen molar-refractivity contribution in [2.24, 2.45) is 5.92 Å². The summed E-state index contributed by atoms with van der Waals surface area (Å²) >= 11 is 0. The van der Waals surface area contributed by atoms with Gasteiger partial charge >= 0.3 is 6.03 Å². The average molecular weight is 442 g/mol. The molecule has 0 unspecified atom stereocenters. The largest absolute Gasteiger partial charge is 0.392 e. The van der Waals surface area contributed by atoms with E-state index in [0.717, 1.165) is 37.2 Å². The molecule has 1 saturated heterocycles. The molecule has 8 nitrogen and oxygen atoms in total. The molecular weight excluding hydrogens is 413 g/mol. The Hall–Kier alpha value is -2.94. The highest BCUT2D eigenvalue weighted by molar-refractivity contribution is 5.89. The van der Waals surface area contributed by atoms with Crippen LogP contribution in [0.4, 0.5) is 14.9 Å². The summed E-state index contributed by atoms with van der Waals surface area (Å²) in [7, 11) is 0. The van der Waals surface area contributed by atoms with Crippen LogP contribution in [0.2, 0.25) is 0 Å². The van der Waals surface area contributed by atoms with E-state index in [2.05, 4.69) is 20.6 Å². The molecule has 170 valence electrons. The number of amides is 3. The minimum absolute atomic E-state index is 0.0508. The van der Waals surface area contributed by atoms with Gasteiger partial charge in [-0.05, 0) is 56.4 Å². The maximum absolute atomic E-state index is 13.1. The molecule has 2 aromatic rings. The molecule has 1 aromatic heterocycles. The minimum atomic E-state index is -0.924. The number of nitrogens with one attached hydrogen (secondary N) is 3. The summed E-state index contributed by atoms with van der Waals surface area (Å²) in [5, 5.41) is 16.8. The minimum Gasteiger partial charge on any atom is -0.392 e. The molecule has 2 saturated carbocycles. The number of nitrogens with zero attached hydrogens (tertiary/aromatic N) is 2. The molecule has 1 aromatic carbocycles. The first-order valence-corrected chi connectivity index (χ1v) is 11.3. The Balaban J connectivity index is 1.34. The van der Waals surface area contributed by atoms with Crippen molar-refractivity contribution in [1.29, 1.82) is 0 Å². The fourth-order valence-corrected chi connectivity index (χ4v) is 4.97. The van der Waals surface area contributed by atoms with Gasteiger partial charge in [0.25, 0.3) is 0 Å². The van der Waals surface area contributed by atoms with Gasteiger partial charge in [0.1, 0.15) is 11.6 Å². The Bertz CT molecular complexity index is 984. The summed E-state index contributed by atoms with van der Waals surface area (Å²) in [5.74, 6) is -0.157. The molecule has 3 fully saturated rings. The van der Waals surface area contributed by atoms with Gasteiger partial charge in [0.05, 0.1) is 12.0 Å². The lowest BCUT2D eigenvalue weighted by molar-refractivity contribution is -0.137. The number of likely N-dealkylation sites (tertiary alicyclic amines) is 1. The lowest BCUT2D eigenvalue weighted by Gasteiger charge is -2.24. The highest BCUT2D eigenvalue weighted by atomic mass is 19.1. The second-order valence-corrected chi connectivity index (χ2v) is 9.10. The number of imidazole rings is 1. The van der Waals surface area contributed by atoms with Gasteiger partial charge in [0.2, 0.25) is 5.91 Å². The molecule has 1 aliphatic heterocycles. The molecule has 4 atom stereocenters. The first kappa shape index (κ1) is 20.9. The maximum atomic E-state index is 13.1. The summed E-state index contributed by atoms with van der Waals surface area (Å²) < 4.78 is 13.1. The van der Waals surface area contributed by atoms with Crippen molar-refractivity contribution < 1.29 is 19.1 Å². The van der Waals surface area contributed by atoms with Crippen molar-refractivity contribution in [2.75, 3.05) is 18.4 Å². The van der Waals surface area contributed by atoms with E-state index in [1.165, 1.54) is 24.3 Å². The molecular formula is C23H28FN5O3. The Kier molecular flexibility index (Phi) is 5.58. The normalized spacial score (nSPS) is 27.5. The number of benzene rings is 1. The van der Waals surface area contributed by atoms with E-state index < -0.39 is 30.0 Å². The molecule has 0 spiro atoms. The fourth-order valence-electron chi connectivity index (χ4n) is 4.97. The van der Waals surface area contributed by atoms with Gasteiger partial charge < -0.3 is 25.6 Å². The van der Waals surface area contributed by atoms with E-state index in [1.807, 2.05) is 4.90 Å². The molecule has 9 heteroatoms. The number of aromatic amines is 1. The SMILES string of the molecule is O=C(Nc1ccc(F)cc1)N[C@@H]1C[C@H](C(=O)N2CCCC2)[C@@H](O)[C@H]1c1cnc(C2CC2)[nH]1. The first-order valence-electron chi connectivity index (χ1n) is 11.3. The third-order valence-electron chi connectivity index (χ3n) is 6.81. The zero-order valence-corrected chi connectivity index (χ0v) is 17.8. The zero-order valence-electron chi connectivity index (χ0n) is 17.8. The van der Waals surface area contributed by atoms with Crippen LogP contribution >= 0.6 is 0 Å². The maximum Gasteiger partial charge on any atom is 0.319 e. The number of anilines is 1. The third kappa shape index (κ3) is 4.21. The number of carbonyl (C=O) groups is 2. The van der Waals surface area contributed by atoms with Gasteiger partial charge in [-0.1, -0.05) is 0 Å². The van der Waals surface area contributed by atoms with Gasteiger partial charge in [-0.15, -0.1) is 0 Å². The summed E-state index contributed by atoms with van der Waals surface area (Å²) in [6, 6.07) is 4.59. The summed E-state index contributed by atoms with van der Waals surface area (Å²) in [6.45, 7) is 1.43. The van der Waals surface area contributed by atoms with E-state index in [1.54, 1.807) is 6.20 Å². The predicted molar refractivity (Wildman–Crippen MR) is 116 cm³/mol. The molecule has 0 bridgehead atoms. The number of H-pyrrole nitrogens is 1. The molecule has 2 aliphatic carbocycles. The highest BCUT2D eigenvalue weighted by Crippen LogP contribution is 2.42. The number of aliphatic hydroxyl groups is 1. The first-order chi connectivity index (χ1) is 15.5. The van der Waals surface area contributed by atoms with Crippen molar-refractivity contribution in [2.45, 2.75) is 56.1 Å². The van der Waals surface area contributed by atoms with E-state index in [4.69, 9.17) is 0 Å². The number of halogens is 1. The van der Waals surface area contributed by atoms with Gasteiger partial charge in [0, 0.05) is 48.5 Å². The van der Waals surface area contributed by atoms with E-state index >= 15 is 0 Å². The fraction of sp³-hybridized carbons (Fsp3) is 0.522. The predicted octanol–water partition coefficient (Wildman–Crippen LogP) is 2.70. The van der Waals surface area contributed by atoms with Crippen molar-refractivity contribution in [3.05, 3.63) is 47.8 Å². The Labute approximate surface area is 185 Å². The Morgan fingerprint density at radius 1 is 1.16 bits per heavy atom. The van der Waals surface area contributed by atoms with Crippen molar-refractivity contribution in [3.63, 3.8) is 0 Å². The average Bonchev–Trinajstić information content (AvgIpc) is 3.15. The van der Waals surface area contributed by atoms with Crippen LogP contribution in [0.1, 0.15) is 55.5 Å². The Morgan fingerprint density at radius 3 is 2.56 bits per heavy atom. The van der Waals surface area contributed by atoms with Crippen LogP contribution in [0.15, 0.2) is 30.5 Å². The van der Waals surface area contributed by atoms with Crippen molar-refractivity contribution in [1.82, 2.24) is 20.2 Å². The van der Waals surface area contributed by atoms with Gasteiger partial charge in [0.15, 0.2) is 0 Å². The van der Waals surface area contributed by atoms with Gasteiger partial charge in [-0.3, -0.25) is 4.79 Å². The number of aromatic nitrogens is 2. The van der Waals surface area contributed by atoms with E-state index in [9.17, 15) is 19.1 Å². The van der Waals surface area contributed by atoms with Gasteiger partial charge in [-0.2, -0.15) is 0 Å². The number of carbonyl (C=O) groups excluding carboxylic acids is 2. The summed E-state index contributed by atoms with van der Waals surface area (Å²) in [4.78, 5) is 35.4. The highest BCUT2D eigenvalue weighted by Gasteiger charge is 2.49. The molecule has 32 heavy (non-hydrogen) atoms. The Morgan fingerprint density at radius 2 is 1.88 bits per heavy atom. The van der Waals surface area contributed by atoms with Crippen molar-refractivity contribution in [3.8, 4) is 0 Å². The summed E-state index contributed by atoms with van der Waals surface area (Å²) in [5.41, 5.74) is 1.20. The topological polar surface area (TPSA) is 110 Å². The van der Waals surface area contributed by atoms with Crippen LogP contribution in [0, 0.1) is 11.7 Å². The van der Waals surface area contributed by atoms with Crippen LogP contribution in [0.25, 0.3) is 0 Å². The van der Waals surface area contributed by atoms with E-state index in [-0.39, 0.29) is 11.7 Å². The number of urea groups is 1. The number of rotatable bonds is 5. The van der Waals surface area contributed by atoms with E-state index in [0.29, 0.717) is 31.1 Å². The second kappa shape index (κ2) is 8.54. The van der Waals surface area contributed by atoms with Crippen LogP contribution in [0.3, 0.4) is 0 Å². The molecule has 2 heterocycles. The van der Waals surface area contributed by atoms with Gasteiger partial charge in [-0.25, -0.2) is 14.2 Å². The zero-order chi connectivity index (χ0) is 22.2. The third-order valence-corrected chi connectivity index (χ3v) is 6.81. The number of hydrogen-bond donors (Lipinski definition) is 4. The standard InChI is InChI=1S/C23H28FN5O3/c24-14-5-7-15(8-6-14)26-23(32)28-17-11-16(22(31)29-9-1-2-10-29)20(30)19(17)18-12-25-21(27-18)13-3-4-13/h5-8,12-13,16-17,19-20,30H,1-4,9-11H2,(H,25,27)(H2,26,28,32)/t16-,17+,19+,20+/m0/s1. The van der Waals surface area contributed by atoms with Crippen LogP contribution in [-0.4, -0.2) is 57.1 Å². The number of hydrogen-bond acceptors (Lipinski definition) is 4. The molecule has 4 N–H and O–H groups in total. The quantitative estimate of drug-likeness (QED) is 0.572. The molecule has 0 radical (unpaired) electrons. The molecule has 5 rings (SSSR count). The summed E-state index contributed by atoms with van der Waals surface area (Å²) in [6.07, 6.45) is 5.28. The number of aliphatic hydroxyl groups excluding tert-OH is 1. The molecule has 3 amide bonds. The second-order valence-electron chi connectivity index (χ2n) is 9.10. The van der Waals surface area contributed by atoms with Crippen LogP contribution in [-0.2, 0) is 4.79 Å². The van der Waals surface area contributed by atoms with Crippen LogP contribution < -0.4 is 10.6 Å². The lowest BCUT2D eigenvalue weighted by atomic mass is 9.96. The lowest BCUT2D eigenvalue weighted by Crippen LogP contribution is -2.41. The van der Waals surface area contributed by atoms with Crippen molar-refractivity contribution >= 4 is 17.6 Å². The monoisotopic (exact) mass is 441 g/mol. The molecule has 3 aliphatic rings.